The second kappa shape index (κ2) is 9.67. The van der Waals surface area contributed by atoms with Crippen LogP contribution in [0.1, 0.15) is 78.6 Å². The van der Waals surface area contributed by atoms with Crippen LogP contribution in [-0.4, -0.2) is 53.6 Å². The third-order valence-corrected chi connectivity index (χ3v) is 7.54. The predicted octanol–water partition coefficient (Wildman–Crippen LogP) is 5.26. The van der Waals surface area contributed by atoms with Crippen LogP contribution in [0.4, 0.5) is 11.8 Å². The van der Waals surface area contributed by atoms with Gasteiger partial charge in [0, 0.05) is 45.0 Å². The molecule has 0 amide bonds. The maximum absolute atomic E-state index is 4.85. The molecular weight excluding hydrogens is 370 g/mol. The molecule has 1 unspecified atom stereocenters. The van der Waals surface area contributed by atoms with Gasteiger partial charge in [-0.1, -0.05) is 37.8 Å². The summed E-state index contributed by atoms with van der Waals surface area (Å²) in [7, 11) is 0. The average molecular weight is 412 g/mol. The number of likely N-dealkylation sites (tertiary alicyclic amines) is 1. The fourth-order valence-corrected chi connectivity index (χ4v) is 5.73. The fourth-order valence-electron chi connectivity index (χ4n) is 5.73. The largest absolute Gasteiger partial charge is 0.356 e. The molecule has 2 saturated heterocycles. The Hall–Kier alpha value is -1.62. The van der Waals surface area contributed by atoms with Gasteiger partial charge >= 0.3 is 0 Å². The van der Waals surface area contributed by atoms with Crippen LogP contribution in [0.2, 0.25) is 0 Å². The Labute approximate surface area is 183 Å². The van der Waals surface area contributed by atoms with E-state index in [0.717, 1.165) is 31.4 Å². The quantitative estimate of drug-likeness (QED) is 0.647. The number of aromatic nitrogens is 2. The van der Waals surface area contributed by atoms with E-state index in [2.05, 4.69) is 46.9 Å². The van der Waals surface area contributed by atoms with E-state index >= 15 is 0 Å². The van der Waals surface area contributed by atoms with Crippen LogP contribution in [-0.2, 0) is 0 Å². The van der Waals surface area contributed by atoms with Crippen LogP contribution in [0, 0.1) is 5.41 Å². The summed E-state index contributed by atoms with van der Waals surface area (Å²) >= 11 is 0. The highest BCUT2D eigenvalue weighted by Crippen LogP contribution is 2.41. The van der Waals surface area contributed by atoms with Crippen LogP contribution < -0.4 is 10.2 Å². The average Bonchev–Trinajstić information content (AvgIpc) is 2.98. The molecule has 3 heterocycles. The summed E-state index contributed by atoms with van der Waals surface area (Å²) in [6.45, 7) is 12.9. The van der Waals surface area contributed by atoms with Gasteiger partial charge in [-0.15, -0.1) is 0 Å². The Kier molecular flexibility index (Phi) is 6.97. The molecule has 5 heteroatoms. The van der Waals surface area contributed by atoms with E-state index in [9.17, 15) is 0 Å². The van der Waals surface area contributed by atoms with Crippen molar-refractivity contribution in [1.29, 1.82) is 0 Å². The smallest absolute Gasteiger partial charge is 0.224 e. The molecule has 1 aromatic heterocycles. The molecule has 4 rings (SSSR count). The predicted molar refractivity (Wildman–Crippen MR) is 126 cm³/mol. The molecule has 1 N–H and O–H groups in total. The van der Waals surface area contributed by atoms with Crippen LogP contribution in [0.3, 0.4) is 0 Å². The second-order valence-electron chi connectivity index (χ2n) is 10.3. The summed E-state index contributed by atoms with van der Waals surface area (Å²) in [5, 5.41) is 3.63. The third-order valence-electron chi connectivity index (χ3n) is 7.54. The third kappa shape index (κ3) is 5.35. The first-order valence-corrected chi connectivity index (χ1v) is 12.3. The Morgan fingerprint density at radius 3 is 2.67 bits per heavy atom. The minimum Gasteiger partial charge on any atom is -0.356 e. The standard InChI is InChI=1S/C25H41N5/c1-20-9-8-13-25(2,3)22(20)12-18-29-17-11-21(19-29)27-24-26-14-10-23(28-24)30-15-6-4-5-7-16-30/h10,14,21H,4-9,11-13,15-19H2,1-3H3,(H,26,27,28). The van der Waals surface area contributed by atoms with Gasteiger partial charge in [0.2, 0.25) is 5.95 Å². The number of nitrogens with one attached hydrogen (secondary N) is 1. The monoisotopic (exact) mass is 411 g/mol. The zero-order valence-electron chi connectivity index (χ0n) is 19.4. The highest BCUT2D eigenvalue weighted by molar-refractivity contribution is 5.43. The molecule has 0 saturated carbocycles. The van der Waals surface area contributed by atoms with Crippen LogP contribution in [0.15, 0.2) is 23.4 Å². The van der Waals surface area contributed by atoms with E-state index in [1.807, 2.05) is 6.20 Å². The number of hydrogen-bond donors (Lipinski definition) is 1. The van der Waals surface area contributed by atoms with Gasteiger partial charge in [0.25, 0.3) is 0 Å². The number of hydrogen-bond acceptors (Lipinski definition) is 5. The van der Waals surface area contributed by atoms with Crippen LogP contribution in [0.25, 0.3) is 0 Å². The molecule has 2 aliphatic heterocycles. The highest BCUT2D eigenvalue weighted by atomic mass is 15.3. The van der Waals surface area contributed by atoms with Crippen molar-refractivity contribution in [3.05, 3.63) is 23.4 Å². The van der Waals surface area contributed by atoms with Gasteiger partial charge in [0.1, 0.15) is 5.82 Å². The van der Waals surface area contributed by atoms with Crippen LogP contribution >= 0.6 is 0 Å². The number of anilines is 2. The minimum absolute atomic E-state index is 0.390. The summed E-state index contributed by atoms with van der Waals surface area (Å²) in [6.07, 6.45) is 13.6. The van der Waals surface area contributed by atoms with Gasteiger partial charge in [-0.05, 0) is 63.4 Å². The number of nitrogens with zero attached hydrogens (tertiary/aromatic N) is 4. The maximum atomic E-state index is 4.85. The van der Waals surface area contributed by atoms with E-state index in [4.69, 9.17) is 4.98 Å². The molecule has 1 atom stereocenters. The second-order valence-corrected chi connectivity index (χ2v) is 10.3. The molecule has 5 nitrogen and oxygen atoms in total. The fraction of sp³-hybridized carbons (Fsp3) is 0.760. The van der Waals surface area contributed by atoms with Gasteiger partial charge < -0.3 is 15.1 Å². The van der Waals surface area contributed by atoms with Crippen molar-refractivity contribution >= 4 is 11.8 Å². The highest BCUT2D eigenvalue weighted by Gasteiger charge is 2.29. The Morgan fingerprint density at radius 1 is 1.10 bits per heavy atom. The molecule has 1 aliphatic carbocycles. The van der Waals surface area contributed by atoms with E-state index in [-0.39, 0.29) is 0 Å². The van der Waals surface area contributed by atoms with E-state index in [1.54, 1.807) is 11.1 Å². The molecule has 0 radical (unpaired) electrons. The molecule has 1 aromatic rings. The molecular formula is C25H41N5. The van der Waals surface area contributed by atoms with Gasteiger partial charge in [-0.2, -0.15) is 4.98 Å². The van der Waals surface area contributed by atoms with Crippen molar-refractivity contribution in [2.75, 3.05) is 42.9 Å². The molecule has 0 aromatic carbocycles. The zero-order valence-corrected chi connectivity index (χ0v) is 19.4. The molecule has 0 bridgehead atoms. The SMILES string of the molecule is CC1=C(CCN2CCC(Nc3nccc(N4CCCCCC4)n3)C2)C(C)(C)CCC1. The Morgan fingerprint density at radius 2 is 1.90 bits per heavy atom. The molecule has 30 heavy (non-hydrogen) atoms. The molecule has 166 valence electrons. The lowest BCUT2D eigenvalue weighted by Crippen LogP contribution is -2.30. The van der Waals surface area contributed by atoms with Crippen molar-refractivity contribution < 1.29 is 0 Å². The lowest BCUT2D eigenvalue weighted by Gasteiger charge is -2.35. The lowest BCUT2D eigenvalue weighted by molar-refractivity contribution is 0.304. The minimum atomic E-state index is 0.390. The van der Waals surface area contributed by atoms with E-state index in [1.165, 1.54) is 70.9 Å². The van der Waals surface area contributed by atoms with Crippen molar-refractivity contribution in [1.82, 2.24) is 14.9 Å². The maximum Gasteiger partial charge on any atom is 0.224 e. The van der Waals surface area contributed by atoms with Crippen molar-refractivity contribution in [3.8, 4) is 0 Å². The van der Waals surface area contributed by atoms with Gasteiger partial charge in [-0.25, -0.2) is 4.98 Å². The van der Waals surface area contributed by atoms with Crippen LogP contribution in [0.5, 0.6) is 0 Å². The van der Waals surface area contributed by atoms with Crippen molar-refractivity contribution in [2.24, 2.45) is 5.41 Å². The number of allylic oxidation sites excluding steroid dienone is 1. The van der Waals surface area contributed by atoms with Crippen molar-refractivity contribution in [2.45, 2.75) is 84.6 Å². The summed E-state index contributed by atoms with van der Waals surface area (Å²) in [4.78, 5) is 14.4. The molecule has 3 aliphatic rings. The van der Waals surface area contributed by atoms with E-state index in [0.29, 0.717) is 11.5 Å². The summed E-state index contributed by atoms with van der Waals surface area (Å²) in [5.41, 5.74) is 3.76. The van der Waals surface area contributed by atoms with Gasteiger partial charge in [0.05, 0.1) is 0 Å². The Balaban J connectivity index is 1.29. The van der Waals surface area contributed by atoms with Crippen molar-refractivity contribution in [3.63, 3.8) is 0 Å². The first-order chi connectivity index (χ1) is 14.5. The van der Waals surface area contributed by atoms with Gasteiger partial charge in [-0.3, -0.25) is 0 Å². The first kappa shape index (κ1) is 21.6. The first-order valence-electron chi connectivity index (χ1n) is 12.3. The molecule has 2 fully saturated rings. The topological polar surface area (TPSA) is 44.3 Å². The Bertz CT molecular complexity index is 733. The van der Waals surface area contributed by atoms with Gasteiger partial charge in [0.15, 0.2) is 0 Å². The summed E-state index contributed by atoms with van der Waals surface area (Å²) in [6, 6.07) is 2.53. The lowest BCUT2D eigenvalue weighted by atomic mass is 9.71. The summed E-state index contributed by atoms with van der Waals surface area (Å²) in [5.74, 6) is 1.89. The molecule has 0 spiro atoms. The zero-order chi connectivity index (χ0) is 21.0. The van der Waals surface area contributed by atoms with E-state index < -0.39 is 0 Å². The summed E-state index contributed by atoms with van der Waals surface area (Å²) < 4.78 is 0. The normalized spacial score (nSPS) is 25.4. The number of rotatable bonds is 6.